The maximum absolute atomic E-state index is 8.59. The van der Waals surface area contributed by atoms with Gasteiger partial charge in [-0.1, -0.05) is 0 Å². The molecule has 5 nitrogen and oxygen atoms in total. The molecule has 0 heterocycles. The third kappa shape index (κ3) is 474. The van der Waals surface area contributed by atoms with Crippen LogP contribution in [0, 0.1) is 0 Å². The monoisotopic (exact) mass is 189 g/mol. The van der Waals surface area contributed by atoms with E-state index >= 15 is 0 Å². The van der Waals surface area contributed by atoms with Gasteiger partial charge in [-0.05, 0) is 0 Å². The van der Waals surface area contributed by atoms with Gasteiger partial charge in [0, 0.05) is 17.1 Å². The van der Waals surface area contributed by atoms with Gasteiger partial charge in [0.15, 0.2) is 0 Å². The Balaban J connectivity index is -0.0000000800. The Bertz CT molecular complexity index is 94.9. The van der Waals surface area contributed by atoms with Crippen molar-refractivity contribution in [2.75, 3.05) is 0 Å². The summed E-state index contributed by atoms with van der Waals surface area (Å²) in [5, 5.41) is 0. The Labute approximate surface area is 53.2 Å². The predicted molar refractivity (Wildman–Crippen MR) is 7.36 cm³/mol. The van der Waals surface area contributed by atoms with Crippen molar-refractivity contribution in [3.8, 4) is 0 Å². The minimum atomic E-state index is -5.75. The third-order valence-electron chi connectivity index (χ3n) is 0. The van der Waals surface area contributed by atoms with E-state index in [1.807, 2.05) is 0 Å². The molecule has 0 bridgehead atoms. The van der Waals surface area contributed by atoms with Crippen molar-refractivity contribution in [1.29, 1.82) is 0 Å². The van der Waals surface area contributed by atoms with Crippen molar-refractivity contribution < 1.29 is 46.6 Å². The standard InChI is InChI=1S/Cr.Mn.H3N.4O/h;;1H3;;;;/q;;;;;2*-1/p+1. The van der Waals surface area contributed by atoms with Crippen molar-refractivity contribution in [3.05, 3.63) is 0 Å². The van der Waals surface area contributed by atoms with Crippen LogP contribution in [0.15, 0.2) is 0 Å². The Hall–Kier alpha value is 0.532. The molecule has 0 saturated carbocycles. The molecule has 0 atom stereocenters. The molecule has 0 aliphatic carbocycles. The van der Waals surface area contributed by atoms with Crippen molar-refractivity contribution in [2.24, 2.45) is 0 Å². The van der Waals surface area contributed by atoms with Gasteiger partial charge in [0.05, 0.1) is 0 Å². The van der Waals surface area contributed by atoms with E-state index in [0.717, 1.165) is 0 Å². The molecule has 7 heavy (non-hydrogen) atoms. The molecule has 0 rings (SSSR count). The van der Waals surface area contributed by atoms with E-state index in [9.17, 15) is 0 Å². The molecule has 0 fully saturated rings. The van der Waals surface area contributed by atoms with E-state index in [1.54, 1.807) is 0 Å². The second kappa shape index (κ2) is 4.69. The molecule has 0 aromatic heterocycles. The molecule has 0 aliphatic heterocycles. The van der Waals surface area contributed by atoms with E-state index in [1.165, 1.54) is 0 Å². The number of quaternary nitrogens is 1. The Morgan fingerprint density at radius 3 is 1.14 bits per heavy atom. The summed E-state index contributed by atoms with van der Waals surface area (Å²) in [5.41, 5.74) is 0. The summed E-state index contributed by atoms with van der Waals surface area (Å²) in [6, 6.07) is 0. The summed E-state index contributed by atoms with van der Waals surface area (Å²) in [7, 11) is 0. The first-order valence-corrected chi connectivity index (χ1v) is 2.75. The topological polar surface area (TPSA) is 117 Å². The van der Waals surface area contributed by atoms with Crippen LogP contribution < -0.4 is 14.5 Å². The van der Waals surface area contributed by atoms with Crippen molar-refractivity contribution in [1.82, 2.24) is 6.15 Å². The number of hydrogen-bond donors (Lipinski definition) is 1. The molecular formula is H4CrMnNO4-. The van der Waals surface area contributed by atoms with E-state index < -0.39 is 13.6 Å². The van der Waals surface area contributed by atoms with Crippen LogP contribution in [0.25, 0.3) is 0 Å². The van der Waals surface area contributed by atoms with Crippen LogP contribution in [0.4, 0.5) is 0 Å². The maximum atomic E-state index is 8.59. The van der Waals surface area contributed by atoms with E-state index in [2.05, 4.69) is 0 Å². The molecule has 0 aromatic rings. The van der Waals surface area contributed by atoms with Gasteiger partial charge in [0.25, 0.3) is 0 Å². The molecule has 7 heteroatoms. The zero-order valence-corrected chi connectivity index (χ0v) is 5.87. The summed E-state index contributed by atoms with van der Waals surface area (Å²) in [4.78, 5) is 0. The van der Waals surface area contributed by atoms with Gasteiger partial charge in [-0.15, -0.1) is 0 Å². The van der Waals surface area contributed by atoms with Crippen LogP contribution in [0.1, 0.15) is 0 Å². The second-order valence-electron chi connectivity index (χ2n) is 0.408. The van der Waals surface area contributed by atoms with Gasteiger partial charge in [-0.25, -0.2) is 0 Å². The van der Waals surface area contributed by atoms with Crippen molar-refractivity contribution in [3.63, 3.8) is 0 Å². The van der Waals surface area contributed by atoms with Crippen LogP contribution in [0.3, 0.4) is 0 Å². The first-order valence-electron chi connectivity index (χ1n) is 0.667. The fourth-order valence-electron chi connectivity index (χ4n) is 0. The van der Waals surface area contributed by atoms with E-state index in [-0.39, 0.29) is 23.2 Å². The summed E-state index contributed by atoms with van der Waals surface area (Å²) >= 11 is -5.75. The minimum absolute atomic E-state index is 0. The van der Waals surface area contributed by atoms with Gasteiger partial charge >= 0.3 is 29.5 Å². The SMILES string of the molecule is [Mn].[NH4+].[O]=[Cr](=[O])([O-])[O-]. The van der Waals surface area contributed by atoms with Crippen molar-refractivity contribution >= 4 is 0 Å². The van der Waals surface area contributed by atoms with Gasteiger partial charge in [-0.2, -0.15) is 0 Å². The van der Waals surface area contributed by atoms with Gasteiger partial charge in [0.1, 0.15) is 0 Å². The molecule has 4 N–H and O–H groups in total. The van der Waals surface area contributed by atoms with Gasteiger partial charge < -0.3 is 6.15 Å². The number of hydrogen-bond acceptors (Lipinski definition) is 4. The predicted octanol–water partition coefficient (Wildman–Crippen LogP) is -2.24. The summed E-state index contributed by atoms with van der Waals surface area (Å²) < 4.78 is 34.4. The van der Waals surface area contributed by atoms with Crippen LogP contribution in [-0.4, -0.2) is 0 Å². The van der Waals surface area contributed by atoms with Crippen LogP contribution in [0.2, 0.25) is 0 Å². The van der Waals surface area contributed by atoms with Crippen LogP contribution in [0.5, 0.6) is 0 Å². The average molecular weight is 189 g/mol. The first-order chi connectivity index (χ1) is 2.00. The zero-order chi connectivity index (χ0) is 4.50. The Kier molecular flexibility index (Phi) is 10.5. The van der Waals surface area contributed by atoms with E-state index in [4.69, 9.17) is 15.9 Å². The summed E-state index contributed by atoms with van der Waals surface area (Å²) in [6.45, 7) is 0. The van der Waals surface area contributed by atoms with E-state index in [0.29, 0.717) is 0 Å². The fourth-order valence-corrected chi connectivity index (χ4v) is 0. The normalized spacial score (nSPS) is 8.29. The Morgan fingerprint density at radius 2 is 1.14 bits per heavy atom. The molecule has 0 aromatic carbocycles. The molecule has 0 saturated heterocycles. The summed E-state index contributed by atoms with van der Waals surface area (Å²) in [5.74, 6) is 0. The average Bonchev–Trinajstić information content (AvgIpc) is 0.722. The molecule has 0 spiro atoms. The molecule has 1 radical (unpaired) electrons. The molecular weight excluding hydrogens is 185 g/mol. The van der Waals surface area contributed by atoms with Crippen molar-refractivity contribution in [2.45, 2.75) is 0 Å². The summed E-state index contributed by atoms with van der Waals surface area (Å²) in [6.07, 6.45) is 0. The first kappa shape index (κ1) is 15.6. The zero-order valence-electron chi connectivity index (χ0n) is 3.42. The molecule has 0 amide bonds. The number of rotatable bonds is 0. The molecule has 0 aliphatic rings. The fraction of sp³-hybridized carbons (Fsp3) is 0. The molecule has 47 valence electrons. The third-order valence-corrected chi connectivity index (χ3v) is 0. The van der Waals surface area contributed by atoms with Crippen LogP contribution in [-0.2, 0) is 38.3 Å². The quantitative estimate of drug-likeness (QED) is 0.433. The molecule has 0 unspecified atom stereocenters. The van der Waals surface area contributed by atoms with Crippen LogP contribution >= 0.6 is 0 Å². The second-order valence-corrected chi connectivity index (χ2v) is 1.68. The van der Waals surface area contributed by atoms with Gasteiger partial charge in [0.2, 0.25) is 0 Å². The van der Waals surface area contributed by atoms with Gasteiger partial charge in [-0.3, -0.25) is 0 Å². The Morgan fingerprint density at radius 1 is 1.14 bits per heavy atom.